The van der Waals surface area contributed by atoms with Crippen molar-refractivity contribution in [3.05, 3.63) is 41.5 Å². The molecule has 98 valence electrons. The molecule has 5 heteroatoms. The lowest BCUT2D eigenvalue weighted by Gasteiger charge is -2.14. The van der Waals surface area contributed by atoms with Crippen molar-refractivity contribution in [3.63, 3.8) is 0 Å². The Bertz CT molecular complexity index is 513. The van der Waals surface area contributed by atoms with E-state index in [1.54, 1.807) is 24.3 Å². The second-order valence-electron chi connectivity index (χ2n) is 4.31. The Kier molecular flexibility index (Phi) is 4.54. The standard InChI is InChI=1S/C14H16N4O/c15-9-11-1-3-13(4-2-11)18-14(19)17-10-12-5-7-16-8-6-12/h1-5,16H,6-8,10H2,(H2,17,18,19). The Morgan fingerprint density at radius 3 is 2.79 bits per heavy atom. The van der Waals surface area contributed by atoms with Gasteiger partial charge in [-0.1, -0.05) is 11.6 Å². The summed E-state index contributed by atoms with van der Waals surface area (Å²) in [6.07, 6.45) is 3.07. The highest BCUT2D eigenvalue weighted by atomic mass is 16.2. The molecule has 0 saturated heterocycles. The molecule has 1 aliphatic heterocycles. The Hall–Kier alpha value is -2.32. The molecular formula is C14H16N4O. The van der Waals surface area contributed by atoms with E-state index < -0.39 is 0 Å². The molecule has 19 heavy (non-hydrogen) atoms. The predicted molar refractivity (Wildman–Crippen MR) is 73.7 cm³/mol. The van der Waals surface area contributed by atoms with Crippen molar-refractivity contribution < 1.29 is 4.79 Å². The third kappa shape index (κ3) is 4.12. The number of anilines is 1. The van der Waals surface area contributed by atoms with Gasteiger partial charge in [0.25, 0.3) is 0 Å². The lowest BCUT2D eigenvalue weighted by atomic mass is 10.1. The normalized spacial score (nSPS) is 14.2. The first-order valence-corrected chi connectivity index (χ1v) is 6.21. The lowest BCUT2D eigenvalue weighted by Crippen LogP contribution is -2.32. The SMILES string of the molecule is N#Cc1ccc(NC(=O)NCC2=CCNCC2)cc1. The molecule has 0 fully saturated rings. The molecule has 0 saturated carbocycles. The van der Waals surface area contributed by atoms with Crippen molar-refractivity contribution in [2.24, 2.45) is 0 Å². The maximum Gasteiger partial charge on any atom is 0.319 e. The highest BCUT2D eigenvalue weighted by molar-refractivity contribution is 5.89. The number of nitriles is 1. The zero-order chi connectivity index (χ0) is 13.5. The Labute approximate surface area is 112 Å². The number of carbonyl (C=O) groups excluding carboxylic acids is 1. The zero-order valence-electron chi connectivity index (χ0n) is 10.6. The van der Waals surface area contributed by atoms with E-state index in [-0.39, 0.29) is 6.03 Å². The number of benzene rings is 1. The van der Waals surface area contributed by atoms with Crippen LogP contribution in [0.5, 0.6) is 0 Å². The maximum absolute atomic E-state index is 11.7. The van der Waals surface area contributed by atoms with Crippen LogP contribution < -0.4 is 16.0 Å². The number of hydrogen-bond donors (Lipinski definition) is 3. The van der Waals surface area contributed by atoms with Gasteiger partial charge in [-0.05, 0) is 37.2 Å². The van der Waals surface area contributed by atoms with E-state index in [9.17, 15) is 4.79 Å². The minimum atomic E-state index is -0.232. The molecule has 0 bridgehead atoms. The number of amides is 2. The lowest BCUT2D eigenvalue weighted by molar-refractivity contribution is 0.252. The largest absolute Gasteiger partial charge is 0.334 e. The molecule has 5 nitrogen and oxygen atoms in total. The number of nitrogens with zero attached hydrogens (tertiary/aromatic N) is 1. The van der Waals surface area contributed by atoms with E-state index in [4.69, 9.17) is 5.26 Å². The fraction of sp³-hybridized carbons (Fsp3) is 0.286. The van der Waals surface area contributed by atoms with E-state index in [1.165, 1.54) is 5.57 Å². The topological polar surface area (TPSA) is 77.0 Å². The van der Waals surface area contributed by atoms with Crippen LogP contribution in [0.25, 0.3) is 0 Å². The van der Waals surface area contributed by atoms with Crippen LogP contribution in [0.3, 0.4) is 0 Å². The minimum Gasteiger partial charge on any atom is -0.334 e. The second-order valence-corrected chi connectivity index (χ2v) is 4.31. The van der Waals surface area contributed by atoms with Gasteiger partial charge in [0.15, 0.2) is 0 Å². The van der Waals surface area contributed by atoms with Gasteiger partial charge in [0.2, 0.25) is 0 Å². The number of carbonyl (C=O) groups is 1. The van der Waals surface area contributed by atoms with Crippen molar-refractivity contribution in [3.8, 4) is 6.07 Å². The highest BCUT2D eigenvalue weighted by Crippen LogP contribution is 2.08. The van der Waals surface area contributed by atoms with Gasteiger partial charge in [0.05, 0.1) is 11.6 Å². The summed E-state index contributed by atoms with van der Waals surface area (Å²) in [5.74, 6) is 0. The molecule has 1 aromatic carbocycles. The van der Waals surface area contributed by atoms with Crippen LogP contribution in [0.2, 0.25) is 0 Å². The fourth-order valence-corrected chi connectivity index (χ4v) is 1.83. The summed E-state index contributed by atoms with van der Waals surface area (Å²) in [5, 5.41) is 17.4. The summed E-state index contributed by atoms with van der Waals surface area (Å²) in [7, 11) is 0. The van der Waals surface area contributed by atoms with Crippen molar-refractivity contribution in [2.45, 2.75) is 6.42 Å². The van der Waals surface area contributed by atoms with Crippen molar-refractivity contribution >= 4 is 11.7 Å². The summed E-state index contributed by atoms with van der Waals surface area (Å²) < 4.78 is 0. The number of rotatable bonds is 3. The summed E-state index contributed by atoms with van der Waals surface area (Å²) in [4.78, 5) is 11.7. The van der Waals surface area contributed by atoms with Gasteiger partial charge in [-0.15, -0.1) is 0 Å². The van der Waals surface area contributed by atoms with Crippen LogP contribution in [0, 0.1) is 11.3 Å². The Morgan fingerprint density at radius 1 is 1.37 bits per heavy atom. The fourth-order valence-electron chi connectivity index (χ4n) is 1.83. The van der Waals surface area contributed by atoms with Gasteiger partial charge in [0, 0.05) is 18.8 Å². The molecular weight excluding hydrogens is 240 g/mol. The average Bonchev–Trinajstić information content (AvgIpc) is 2.47. The van der Waals surface area contributed by atoms with Crippen LogP contribution in [0.4, 0.5) is 10.5 Å². The second kappa shape index (κ2) is 6.57. The van der Waals surface area contributed by atoms with E-state index in [2.05, 4.69) is 22.0 Å². The number of urea groups is 1. The summed E-state index contributed by atoms with van der Waals surface area (Å²) >= 11 is 0. The van der Waals surface area contributed by atoms with Crippen molar-refractivity contribution in [1.82, 2.24) is 10.6 Å². The first kappa shape index (κ1) is 13.1. The molecule has 0 unspecified atom stereocenters. The Morgan fingerprint density at radius 2 is 2.16 bits per heavy atom. The average molecular weight is 256 g/mol. The van der Waals surface area contributed by atoms with E-state index in [0.29, 0.717) is 17.8 Å². The smallest absolute Gasteiger partial charge is 0.319 e. The molecule has 0 spiro atoms. The van der Waals surface area contributed by atoms with Crippen LogP contribution in [-0.4, -0.2) is 25.7 Å². The summed E-state index contributed by atoms with van der Waals surface area (Å²) in [6.45, 7) is 2.41. The van der Waals surface area contributed by atoms with Crippen molar-refractivity contribution in [2.75, 3.05) is 25.0 Å². The van der Waals surface area contributed by atoms with Crippen LogP contribution in [0.15, 0.2) is 35.9 Å². The van der Waals surface area contributed by atoms with Gasteiger partial charge in [-0.25, -0.2) is 4.79 Å². The summed E-state index contributed by atoms with van der Waals surface area (Å²) in [5.41, 5.74) is 2.50. The van der Waals surface area contributed by atoms with Gasteiger partial charge in [-0.3, -0.25) is 0 Å². The zero-order valence-corrected chi connectivity index (χ0v) is 10.6. The first-order chi connectivity index (χ1) is 9.28. The third-order valence-corrected chi connectivity index (χ3v) is 2.91. The molecule has 2 rings (SSSR count). The van der Waals surface area contributed by atoms with Gasteiger partial charge < -0.3 is 16.0 Å². The quantitative estimate of drug-likeness (QED) is 0.719. The molecule has 0 radical (unpaired) electrons. The summed E-state index contributed by atoms with van der Waals surface area (Å²) in [6, 6.07) is 8.57. The molecule has 1 aliphatic rings. The molecule has 3 N–H and O–H groups in total. The highest BCUT2D eigenvalue weighted by Gasteiger charge is 2.05. The maximum atomic E-state index is 11.7. The molecule has 1 aromatic rings. The number of nitrogens with one attached hydrogen (secondary N) is 3. The Balaban J connectivity index is 1.80. The van der Waals surface area contributed by atoms with Crippen LogP contribution in [-0.2, 0) is 0 Å². The molecule has 0 atom stereocenters. The molecule has 0 aromatic heterocycles. The minimum absolute atomic E-state index is 0.232. The van der Waals surface area contributed by atoms with E-state index in [1.807, 2.05) is 6.07 Å². The third-order valence-electron chi connectivity index (χ3n) is 2.91. The van der Waals surface area contributed by atoms with Crippen LogP contribution in [0.1, 0.15) is 12.0 Å². The molecule has 2 amide bonds. The molecule has 0 aliphatic carbocycles. The van der Waals surface area contributed by atoms with Gasteiger partial charge in [-0.2, -0.15) is 5.26 Å². The van der Waals surface area contributed by atoms with Gasteiger partial charge in [0.1, 0.15) is 0 Å². The predicted octanol–water partition coefficient (Wildman–Crippen LogP) is 1.60. The van der Waals surface area contributed by atoms with E-state index in [0.717, 1.165) is 19.5 Å². The van der Waals surface area contributed by atoms with E-state index >= 15 is 0 Å². The van der Waals surface area contributed by atoms with Crippen LogP contribution >= 0.6 is 0 Å². The van der Waals surface area contributed by atoms with Gasteiger partial charge >= 0.3 is 6.03 Å². The van der Waals surface area contributed by atoms with Crippen molar-refractivity contribution in [1.29, 1.82) is 5.26 Å². The molecule has 1 heterocycles. The number of hydrogen-bond acceptors (Lipinski definition) is 3. The first-order valence-electron chi connectivity index (χ1n) is 6.21. The monoisotopic (exact) mass is 256 g/mol.